The number of fused-ring (bicyclic) bond motifs is 1. The molecule has 1 atom stereocenters. The first-order chi connectivity index (χ1) is 11.0. The van der Waals surface area contributed by atoms with Crippen molar-refractivity contribution in [2.45, 2.75) is 18.9 Å². The Bertz CT molecular complexity index is 753. The van der Waals surface area contributed by atoms with Gasteiger partial charge in [-0.2, -0.15) is 0 Å². The largest absolute Gasteiger partial charge is 0.378 e. The van der Waals surface area contributed by atoms with Crippen LogP contribution in [0.4, 0.5) is 20.2 Å². The Hall–Kier alpha value is -2.69. The summed E-state index contributed by atoms with van der Waals surface area (Å²) in [7, 11) is 0. The number of nitrogens with one attached hydrogen (secondary N) is 2. The lowest BCUT2D eigenvalue weighted by Gasteiger charge is -2.16. The molecule has 3 nitrogen and oxygen atoms in total. The van der Waals surface area contributed by atoms with Gasteiger partial charge in [0.1, 0.15) is 11.6 Å². The van der Waals surface area contributed by atoms with Crippen molar-refractivity contribution in [1.82, 2.24) is 0 Å². The molecule has 3 rings (SSSR count). The summed E-state index contributed by atoms with van der Waals surface area (Å²) in [5, 5.41) is 5.89. The summed E-state index contributed by atoms with van der Waals surface area (Å²) in [4.78, 5) is 11.3. The minimum Gasteiger partial charge on any atom is -0.378 e. The molecule has 2 aromatic carbocycles. The van der Waals surface area contributed by atoms with Crippen molar-refractivity contribution in [2.24, 2.45) is 0 Å². The van der Waals surface area contributed by atoms with E-state index in [0.29, 0.717) is 11.4 Å². The molecular formula is C18H16F2N2O. The van der Waals surface area contributed by atoms with E-state index in [1.807, 2.05) is 18.2 Å². The Morgan fingerprint density at radius 1 is 1.13 bits per heavy atom. The van der Waals surface area contributed by atoms with Gasteiger partial charge in [0.05, 0.1) is 6.04 Å². The number of carbonyl (C=O) groups is 1. The van der Waals surface area contributed by atoms with E-state index in [4.69, 9.17) is 0 Å². The van der Waals surface area contributed by atoms with E-state index in [-0.39, 0.29) is 11.9 Å². The third kappa shape index (κ3) is 3.39. The maximum atomic E-state index is 13.3. The molecule has 0 radical (unpaired) electrons. The Kier molecular flexibility index (Phi) is 4.10. The highest BCUT2D eigenvalue weighted by atomic mass is 19.1. The lowest BCUT2D eigenvalue weighted by molar-refractivity contribution is -0.111. The molecule has 118 valence electrons. The molecule has 2 aromatic rings. The Morgan fingerprint density at radius 3 is 2.57 bits per heavy atom. The third-order valence-corrected chi connectivity index (χ3v) is 3.88. The number of carbonyl (C=O) groups excluding carboxylic acids is 1. The first-order valence-electron chi connectivity index (χ1n) is 7.34. The zero-order chi connectivity index (χ0) is 16.4. The monoisotopic (exact) mass is 314 g/mol. The topological polar surface area (TPSA) is 41.1 Å². The maximum absolute atomic E-state index is 13.3. The van der Waals surface area contributed by atoms with Gasteiger partial charge in [-0.15, -0.1) is 0 Å². The average molecular weight is 314 g/mol. The first-order valence-corrected chi connectivity index (χ1v) is 7.34. The highest BCUT2D eigenvalue weighted by molar-refractivity contribution is 5.98. The van der Waals surface area contributed by atoms with Crippen molar-refractivity contribution in [3.05, 3.63) is 71.8 Å². The van der Waals surface area contributed by atoms with Crippen LogP contribution in [0.15, 0.2) is 49.1 Å². The van der Waals surface area contributed by atoms with Gasteiger partial charge < -0.3 is 10.6 Å². The summed E-state index contributed by atoms with van der Waals surface area (Å²) in [5.74, 6) is -1.46. The Morgan fingerprint density at radius 2 is 1.87 bits per heavy atom. The summed E-state index contributed by atoms with van der Waals surface area (Å²) < 4.78 is 26.6. The predicted octanol–water partition coefficient (Wildman–Crippen LogP) is 4.19. The lowest BCUT2D eigenvalue weighted by atomic mass is 10.1. The molecule has 0 fully saturated rings. The number of amides is 1. The van der Waals surface area contributed by atoms with Crippen LogP contribution < -0.4 is 10.6 Å². The van der Waals surface area contributed by atoms with Crippen LogP contribution in [0.3, 0.4) is 0 Å². The Balaban J connectivity index is 1.79. The van der Waals surface area contributed by atoms with Gasteiger partial charge in [-0.25, -0.2) is 8.78 Å². The molecule has 0 aliphatic heterocycles. The van der Waals surface area contributed by atoms with Crippen molar-refractivity contribution in [1.29, 1.82) is 0 Å². The quantitative estimate of drug-likeness (QED) is 0.831. The normalized spacial score (nSPS) is 15.8. The van der Waals surface area contributed by atoms with Crippen LogP contribution in [-0.2, 0) is 11.2 Å². The molecule has 23 heavy (non-hydrogen) atoms. The van der Waals surface area contributed by atoms with Gasteiger partial charge in [0, 0.05) is 17.4 Å². The average Bonchev–Trinajstić information content (AvgIpc) is 2.88. The minimum absolute atomic E-state index is 0.00430. The van der Waals surface area contributed by atoms with E-state index >= 15 is 0 Å². The number of hydrogen-bond acceptors (Lipinski definition) is 2. The molecule has 0 bridgehead atoms. The van der Waals surface area contributed by atoms with Gasteiger partial charge in [0.2, 0.25) is 5.91 Å². The molecule has 1 unspecified atom stereocenters. The van der Waals surface area contributed by atoms with E-state index in [1.54, 1.807) is 0 Å². The van der Waals surface area contributed by atoms with E-state index in [9.17, 15) is 13.6 Å². The molecule has 0 spiro atoms. The number of aryl methyl sites for hydroxylation is 1. The lowest BCUT2D eigenvalue weighted by Crippen LogP contribution is -2.09. The number of hydrogen-bond donors (Lipinski definition) is 2. The summed E-state index contributed by atoms with van der Waals surface area (Å²) in [5.41, 5.74) is 3.32. The van der Waals surface area contributed by atoms with Crippen LogP contribution in [0.5, 0.6) is 0 Å². The molecule has 1 amide bonds. The maximum Gasteiger partial charge on any atom is 0.247 e. The van der Waals surface area contributed by atoms with Gasteiger partial charge in [-0.1, -0.05) is 12.6 Å². The number of anilines is 2. The zero-order valence-electron chi connectivity index (χ0n) is 12.4. The van der Waals surface area contributed by atoms with E-state index in [2.05, 4.69) is 17.2 Å². The van der Waals surface area contributed by atoms with Crippen molar-refractivity contribution < 1.29 is 13.6 Å². The van der Waals surface area contributed by atoms with Gasteiger partial charge in [-0.3, -0.25) is 4.79 Å². The fourth-order valence-corrected chi connectivity index (χ4v) is 2.88. The standard InChI is InChI=1S/C18H16F2N2O/c1-2-18(23)22-14-4-5-16-11(7-14)3-6-17(16)21-15-9-12(19)8-13(20)10-15/h2,4-5,7-10,17,21H,1,3,6H2,(H,22,23). The molecule has 1 aliphatic rings. The Labute approximate surface area is 133 Å². The fraction of sp³-hybridized carbons (Fsp3) is 0.167. The van der Waals surface area contributed by atoms with Gasteiger partial charge in [-0.05, 0) is 54.3 Å². The number of halogens is 2. The smallest absolute Gasteiger partial charge is 0.247 e. The third-order valence-electron chi connectivity index (χ3n) is 3.88. The van der Waals surface area contributed by atoms with E-state index < -0.39 is 11.6 Å². The first kappa shape index (κ1) is 15.2. The molecule has 0 aromatic heterocycles. The molecular weight excluding hydrogens is 298 g/mol. The van der Waals surface area contributed by atoms with Crippen LogP contribution in [0, 0.1) is 11.6 Å². The van der Waals surface area contributed by atoms with Crippen molar-refractivity contribution in [3.63, 3.8) is 0 Å². The van der Waals surface area contributed by atoms with Crippen LogP contribution in [0.25, 0.3) is 0 Å². The van der Waals surface area contributed by atoms with Gasteiger partial charge >= 0.3 is 0 Å². The SMILES string of the molecule is C=CC(=O)Nc1ccc2c(c1)CCC2Nc1cc(F)cc(F)c1. The molecule has 2 N–H and O–H groups in total. The van der Waals surface area contributed by atoms with Gasteiger partial charge in [0.15, 0.2) is 0 Å². The fourth-order valence-electron chi connectivity index (χ4n) is 2.88. The number of rotatable bonds is 4. The predicted molar refractivity (Wildman–Crippen MR) is 86.3 cm³/mol. The second kappa shape index (κ2) is 6.20. The molecule has 0 saturated heterocycles. The van der Waals surface area contributed by atoms with E-state index in [0.717, 1.165) is 30.0 Å². The molecule has 0 saturated carbocycles. The zero-order valence-corrected chi connectivity index (χ0v) is 12.4. The van der Waals surface area contributed by atoms with Crippen molar-refractivity contribution in [3.8, 4) is 0 Å². The van der Waals surface area contributed by atoms with E-state index in [1.165, 1.54) is 18.2 Å². The second-order valence-electron chi connectivity index (χ2n) is 5.50. The highest BCUT2D eigenvalue weighted by Crippen LogP contribution is 2.35. The summed E-state index contributed by atoms with van der Waals surface area (Å²) in [6.07, 6.45) is 2.88. The highest BCUT2D eigenvalue weighted by Gasteiger charge is 2.23. The molecule has 0 heterocycles. The summed E-state index contributed by atoms with van der Waals surface area (Å²) in [6, 6.07) is 9.06. The minimum atomic E-state index is -0.604. The van der Waals surface area contributed by atoms with Crippen LogP contribution in [0.1, 0.15) is 23.6 Å². The van der Waals surface area contributed by atoms with Gasteiger partial charge in [0.25, 0.3) is 0 Å². The van der Waals surface area contributed by atoms with Crippen molar-refractivity contribution in [2.75, 3.05) is 10.6 Å². The molecule has 5 heteroatoms. The summed E-state index contributed by atoms with van der Waals surface area (Å²) >= 11 is 0. The molecule has 1 aliphatic carbocycles. The second-order valence-corrected chi connectivity index (χ2v) is 5.50. The van der Waals surface area contributed by atoms with Crippen LogP contribution in [0.2, 0.25) is 0 Å². The van der Waals surface area contributed by atoms with Crippen LogP contribution in [-0.4, -0.2) is 5.91 Å². The van der Waals surface area contributed by atoms with Crippen LogP contribution >= 0.6 is 0 Å². The number of benzene rings is 2. The van der Waals surface area contributed by atoms with Crippen molar-refractivity contribution >= 4 is 17.3 Å². The summed E-state index contributed by atoms with van der Waals surface area (Å²) in [6.45, 7) is 3.42.